The standard InChI is InChI=1S/C16H18ClN3O/c1-12(2)11-20-15(8-9-18-20)19-16(21)7-6-13-4-3-5-14(17)10-13/h3-10,12H,11H2,1-2H3,(H,19,21)/b7-6+. The van der Waals surface area contributed by atoms with E-state index in [1.54, 1.807) is 35.2 Å². The lowest BCUT2D eigenvalue weighted by molar-refractivity contribution is -0.111. The molecule has 2 aromatic rings. The third-order valence-corrected chi connectivity index (χ3v) is 3.02. The van der Waals surface area contributed by atoms with Crippen molar-refractivity contribution in [3.8, 4) is 0 Å². The zero-order valence-electron chi connectivity index (χ0n) is 12.1. The fraction of sp³-hybridized carbons (Fsp3) is 0.250. The number of aromatic nitrogens is 2. The lowest BCUT2D eigenvalue weighted by Gasteiger charge is -2.09. The number of rotatable bonds is 5. The van der Waals surface area contributed by atoms with E-state index in [0.717, 1.165) is 12.1 Å². The lowest BCUT2D eigenvalue weighted by Crippen LogP contribution is -2.15. The summed E-state index contributed by atoms with van der Waals surface area (Å²) in [5.41, 5.74) is 0.883. The molecule has 0 spiro atoms. The summed E-state index contributed by atoms with van der Waals surface area (Å²) in [5, 5.41) is 7.67. The quantitative estimate of drug-likeness (QED) is 0.853. The molecule has 21 heavy (non-hydrogen) atoms. The second-order valence-corrected chi connectivity index (χ2v) is 5.61. The van der Waals surface area contributed by atoms with Gasteiger partial charge >= 0.3 is 0 Å². The van der Waals surface area contributed by atoms with E-state index >= 15 is 0 Å². The van der Waals surface area contributed by atoms with Gasteiger partial charge in [-0.25, -0.2) is 4.68 Å². The summed E-state index contributed by atoms with van der Waals surface area (Å²) in [6.45, 7) is 4.97. The maximum atomic E-state index is 11.9. The van der Waals surface area contributed by atoms with Crippen LogP contribution in [0.15, 0.2) is 42.6 Å². The van der Waals surface area contributed by atoms with E-state index in [9.17, 15) is 4.79 Å². The Labute approximate surface area is 129 Å². The molecule has 0 aliphatic rings. The fourth-order valence-electron chi connectivity index (χ4n) is 1.88. The fourth-order valence-corrected chi connectivity index (χ4v) is 2.08. The van der Waals surface area contributed by atoms with Gasteiger partial charge in [0, 0.05) is 23.7 Å². The van der Waals surface area contributed by atoms with E-state index in [-0.39, 0.29) is 5.91 Å². The average molecular weight is 304 g/mol. The number of nitrogens with one attached hydrogen (secondary N) is 1. The minimum atomic E-state index is -0.194. The van der Waals surface area contributed by atoms with Crippen LogP contribution in [0.2, 0.25) is 5.02 Å². The molecular weight excluding hydrogens is 286 g/mol. The second-order valence-electron chi connectivity index (χ2n) is 5.17. The van der Waals surface area contributed by atoms with Crippen molar-refractivity contribution in [3.63, 3.8) is 0 Å². The van der Waals surface area contributed by atoms with Gasteiger partial charge in [-0.1, -0.05) is 37.6 Å². The van der Waals surface area contributed by atoms with E-state index in [4.69, 9.17) is 11.6 Å². The van der Waals surface area contributed by atoms with Crippen LogP contribution in [0.3, 0.4) is 0 Å². The monoisotopic (exact) mass is 303 g/mol. The number of nitrogens with zero attached hydrogens (tertiary/aromatic N) is 2. The normalized spacial score (nSPS) is 11.2. The Morgan fingerprint density at radius 1 is 1.43 bits per heavy atom. The minimum Gasteiger partial charge on any atom is -0.307 e. The van der Waals surface area contributed by atoms with Crippen molar-refractivity contribution in [3.05, 3.63) is 53.2 Å². The van der Waals surface area contributed by atoms with Gasteiger partial charge in [-0.15, -0.1) is 0 Å². The number of amides is 1. The van der Waals surface area contributed by atoms with Crippen LogP contribution in [-0.2, 0) is 11.3 Å². The Hall–Kier alpha value is -2.07. The van der Waals surface area contributed by atoms with Gasteiger partial charge in [0.15, 0.2) is 0 Å². The van der Waals surface area contributed by atoms with Gasteiger partial charge in [0.2, 0.25) is 5.91 Å². The highest BCUT2D eigenvalue weighted by Gasteiger charge is 2.06. The van der Waals surface area contributed by atoms with E-state index in [1.165, 1.54) is 6.08 Å². The highest BCUT2D eigenvalue weighted by atomic mass is 35.5. The molecule has 1 N–H and O–H groups in total. The van der Waals surface area contributed by atoms with Crippen LogP contribution in [0.5, 0.6) is 0 Å². The van der Waals surface area contributed by atoms with Gasteiger partial charge in [-0.3, -0.25) is 4.79 Å². The average Bonchev–Trinajstić information content (AvgIpc) is 2.83. The molecule has 1 amide bonds. The molecule has 0 saturated carbocycles. The molecule has 0 aliphatic carbocycles. The minimum absolute atomic E-state index is 0.194. The summed E-state index contributed by atoms with van der Waals surface area (Å²) in [6, 6.07) is 9.11. The van der Waals surface area contributed by atoms with Crippen molar-refractivity contribution in [2.24, 2.45) is 5.92 Å². The molecule has 2 rings (SSSR count). The molecule has 1 aromatic heterocycles. The zero-order valence-corrected chi connectivity index (χ0v) is 12.8. The van der Waals surface area contributed by atoms with E-state index < -0.39 is 0 Å². The Morgan fingerprint density at radius 3 is 2.95 bits per heavy atom. The van der Waals surface area contributed by atoms with E-state index in [0.29, 0.717) is 16.8 Å². The van der Waals surface area contributed by atoms with Crippen LogP contribution in [0, 0.1) is 5.92 Å². The number of hydrogen-bond acceptors (Lipinski definition) is 2. The molecule has 1 heterocycles. The summed E-state index contributed by atoms with van der Waals surface area (Å²) in [7, 11) is 0. The molecule has 4 nitrogen and oxygen atoms in total. The number of benzene rings is 1. The first kappa shape index (κ1) is 15.3. The second kappa shape index (κ2) is 7.09. The van der Waals surface area contributed by atoms with Gasteiger partial charge in [-0.05, 0) is 29.7 Å². The Kier molecular flexibility index (Phi) is 5.17. The third kappa shape index (κ3) is 4.76. The first-order valence-electron chi connectivity index (χ1n) is 6.81. The van der Waals surface area contributed by atoms with Crippen molar-refractivity contribution in [2.45, 2.75) is 20.4 Å². The van der Waals surface area contributed by atoms with Crippen LogP contribution in [-0.4, -0.2) is 15.7 Å². The molecule has 5 heteroatoms. The zero-order chi connectivity index (χ0) is 15.2. The SMILES string of the molecule is CC(C)Cn1nccc1NC(=O)/C=C/c1cccc(Cl)c1. The van der Waals surface area contributed by atoms with Gasteiger partial charge < -0.3 is 5.32 Å². The molecule has 0 saturated heterocycles. The molecule has 0 radical (unpaired) electrons. The summed E-state index contributed by atoms with van der Waals surface area (Å²) in [4.78, 5) is 11.9. The Morgan fingerprint density at radius 2 is 2.24 bits per heavy atom. The molecule has 0 bridgehead atoms. The molecule has 0 atom stereocenters. The molecule has 0 aliphatic heterocycles. The summed E-state index contributed by atoms with van der Waals surface area (Å²) >= 11 is 5.90. The molecule has 1 aromatic carbocycles. The molecular formula is C16H18ClN3O. The van der Waals surface area contributed by atoms with E-state index in [2.05, 4.69) is 24.3 Å². The number of carbonyl (C=O) groups is 1. The third-order valence-electron chi connectivity index (χ3n) is 2.78. The number of carbonyl (C=O) groups excluding carboxylic acids is 1. The summed E-state index contributed by atoms with van der Waals surface area (Å²) < 4.78 is 1.79. The van der Waals surface area contributed by atoms with Crippen molar-refractivity contribution in [1.82, 2.24) is 9.78 Å². The lowest BCUT2D eigenvalue weighted by atomic mass is 10.2. The maximum Gasteiger partial charge on any atom is 0.249 e. The smallest absolute Gasteiger partial charge is 0.249 e. The van der Waals surface area contributed by atoms with E-state index in [1.807, 2.05) is 12.1 Å². The first-order chi connectivity index (χ1) is 10.0. The highest BCUT2D eigenvalue weighted by molar-refractivity contribution is 6.30. The van der Waals surface area contributed by atoms with Crippen LogP contribution < -0.4 is 5.32 Å². The van der Waals surface area contributed by atoms with Crippen LogP contribution >= 0.6 is 11.6 Å². The molecule has 0 fully saturated rings. The molecule has 110 valence electrons. The van der Waals surface area contributed by atoms with Crippen LogP contribution in [0.25, 0.3) is 6.08 Å². The molecule has 0 unspecified atom stereocenters. The van der Waals surface area contributed by atoms with Crippen LogP contribution in [0.1, 0.15) is 19.4 Å². The van der Waals surface area contributed by atoms with Gasteiger partial charge in [-0.2, -0.15) is 5.10 Å². The summed E-state index contributed by atoms with van der Waals surface area (Å²) in [6.07, 6.45) is 4.89. The van der Waals surface area contributed by atoms with Crippen molar-refractivity contribution >= 4 is 29.4 Å². The van der Waals surface area contributed by atoms with Crippen molar-refractivity contribution < 1.29 is 4.79 Å². The Balaban J connectivity index is 2.00. The maximum absolute atomic E-state index is 11.9. The summed E-state index contributed by atoms with van der Waals surface area (Å²) in [5.74, 6) is 0.965. The van der Waals surface area contributed by atoms with Crippen molar-refractivity contribution in [2.75, 3.05) is 5.32 Å². The van der Waals surface area contributed by atoms with Gasteiger partial charge in [0.1, 0.15) is 5.82 Å². The van der Waals surface area contributed by atoms with Crippen LogP contribution in [0.4, 0.5) is 5.82 Å². The topological polar surface area (TPSA) is 46.9 Å². The first-order valence-corrected chi connectivity index (χ1v) is 7.19. The number of anilines is 1. The number of hydrogen-bond donors (Lipinski definition) is 1. The highest BCUT2D eigenvalue weighted by Crippen LogP contribution is 2.12. The number of halogens is 1. The van der Waals surface area contributed by atoms with Gasteiger partial charge in [0.25, 0.3) is 0 Å². The van der Waals surface area contributed by atoms with Crippen molar-refractivity contribution in [1.29, 1.82) is 0 Å². The van der Waals surface area contributed by atoms with Gasteiger partial charge in [0.05, 0.1) is 6.20 Å². The predicted octanol–water partition coefficient (Wildman–Crippen LogP) is 3.84. The largest absolute Gasteiger partial charge is 0.307 e. The predicted molar refractivity (Wildman–Crippen MR) is 86.2 cm³/mol. The Bertz CT molecular complexity index is 646.